The van der Waals surface area contributed by atoms with Crippen LogP contribution in [0.15, 0.2) is 12.3 Å². The van der Waals surface area contributed by atoms with Gasteiger partial charge in [0, 0.05) is 6.54 Å². The van der Waals surface area contributed by atoms with Gasteiger partial charge in [0.15, 0.2) is 0 Å². The zero-order chi connectivity index (χ0) is 18.1. The summed E-state index contributed by atoms with van der Waals surface area (Å²) in [4.78, 5) is 22.1. The number of aliphatic hydroxyl groups is 2. The van der Waals surface area contributed by atoms with Gasteiger partial charge in [0.2, 0.25) is 0 Å². The molecular weight excluding hydrogens is 354 g/mol. The molecule has 2 aliphatic rings. The fourth-order valence-corrected chi connectivity index (χ4v) is 4.42. The topological polar surface area (TPSA) is 94.7 Å². The van der Waals surface area contributed by atoms with E-state index in [0.29, 0.717) is 30.2 Å². The molecule has 1 atom stereocenters. The number of carbonyl (C=O) groups is 1. The van der Waals surface area contributed by atoms with Crippen LogP contribution in [0.2, 0.25) is 0 Å². The zero-order valence-corrected chi connectivity index (χ0v) is 15.4. The lowest BCUT2D eigenvalue weighted by atomic mass is 10.2. The van der Waals surface area contributed by atoms with Gasteiger partial charge in [-0.2, -0.15) is 5.10 Å². The zero-order valence-electron chi connectivity index (χ0n) is 14.5. The molecule has 140 valence electrons. The van der Waals surface area contributed by atoms with Crippen LogP contribution in [-0.4, -0.2) is 66.9 Å². The molecule has 0 aliphatic carbocycles. The van der Waals surface area contributed by atoms with Crippen LogP contribution in [0, 0.1) is 0 Å². The van der Waals surface area contributed by atoms with E-state index >= 15 is 0 Å². The molecule has 2 aliphatic heterocycles. The number of fused-ring (bicyclic) bond motifs is 1. The number of likely N-dealkylation sites (tertiary alicyclic amines) is 1. The quantitative estimate of drug-likeness (QED) is 0.793. The summed E-state index contributed by atoms with van der Waals surface area (Å²) in [6, 6.07) is 1.76. The molecule has 0 bridgehead atoms. The molecule has 2 aromatic heterocycles. The highest BCUT2D eigenvalue weighted by Gasteiger charge is 2.26. The van der Waals surface area contributed by atoms with E-state index in [9.17, 15) is 9.90 Å². The number of aliphatic hydroxyl groups excluding tert-OH is 2. The Bertz CT molecular complexity index is 783. The number of hydrogen-bond acceptors (Lipinski definition) is 7. The van der Waals surface area contributed by atoms with Gasteiger partial charge in [-0.15, -0.1) is 11.3 Å². The highest BCUT2D eigenvalue weighted by molar-refractivity contribution is 7.13. The van der Waals surface area contributed by atoms with E-state index in [1.165, 1.54) is 24.2 Å². The molecule has 9 heteroatoms. The second kappa shape index (κ2) is 7.43. The van der Waals surface area contributed by atoms with Crippen LogP contribution < -0.4 is 0 Å². The molecule has 4 rings (SSSR count). The highest BCUT2D eigenvalue weighted by atomic mass is 32.1. The maximum absolute atomic E-state index is 12.8. The molecule has 2 N–H and O–H groups in total. The standard InChI is InChI=1S/C17H23N5O3S/c23-11-14(24)13-7-12-9-21(5-6-22(12)19-13)17(25)15-8-18-16(26-15)10-20-3-1-2-4-20/h7-8,14,23-24H,1-6,9-11H2/t14-/m0/s1. The van der Waals surface area contributed by atoms with E-state index in [4.69, 9.17) is 5.11 Å². The van der Waals surface area contributed by atoms with Gasteiger partial charge >= 0.3 is 0 Å². The fraction of sp³-hybridized carbons (Fsp3) is 0.588. The Hall–Kier alpha value is -1.81. The van der Waals surface area contributed by atoms with Gasteiger partial charge in [-0.25, -0.2) is 4.98 Å². The molecule has 0 saturated carbocycles. The van der Waals surface area contributed by atoms with E-state index in [-0.39, 0.29) is 12.5 Å². The van der Waals surface area contributed by atoms with E-state index in [1.54, 1.807) is 21.8 Å². The molecule has 1 saturated heterocycles. The maximum Gasteiger partial charge on any atom is 0.265 e. The van der Waals surface area contributed by atoms with Crippen LogP contribution in [-0.2, 0) is 19.6 Å². The van der Waals surface area contributed by atoms with Crippen molar-refractivity contribution >= 4 is 17.2 Å². The molecule has 4 heterocycles. The lowest BCUT2D eigenvalue weighted by Crippen LogP contribution is -2.38. The Balaban J connectivity index is 1.42. The minimum Gasteiger partial charge on any atom is -0.393 e. The first-order valence-electron chi connectivity index (χ1n) is 8.96. The summed E-state index contributed by atoms with van der Waals surface area (Å²) < 4.78 is 1.80. The third-order valence-corrected chi connectivity index (χ3v) is 5.91. The Morgan fingerprint density at radius 2 is 2.08 bits per heavy atom. The summed E-state index contributed by atoms with van der Waals surface area (Å²) in [6.07, 6.45) is 3.19. The Morgan fingerprint density at radius 3 is 2.85 bits per heavy atom. The van der Waals surface area contributed by atoms with Gasteiger partial charge < -0.3 is 15.1 Å². The third kappa shape index (κ3) is 3.52. The number of rotatable bonds is 5. The lowest BCUT2D eigenvalue weighted by molar-refractivity contribution is 0.0709. The minimum atomic E-state index is -0.980. The molecule has 1 amide bonds. The second-order valence-electron chi connectivity index (χ2n) is 6.81. The van der Waals surface area contributed by atoms with Crippen molar-refractivity contribution in [2.45, 2.75) is 38.6 Å². The first kappa shape index (κ1) is 17.6. The highest BCUT2D eigenvalue weighted by Crippen LogP contribution is 2.23. The van der Waals surface area contributed by atoms with Crippen LogP contribution in [0.5, 0.6) is 0 Å². The smallest absolute Gasteiger partial charge is 0.265 e. The summed E-state index contributed by atoms with van der Waals surface area (Å²) in [5.74, 6) is -0.00752. The van der Waals surface area contributed by atoms with Crippen molar-refractivity contribution in [2.75, 3.05) is 26.2 Å². The van der Waals surface area contributed by atoms with Gasteiger partial charge in [-0.3, -0.25) is 14.4 Å². The van der Waals surface area contributed by atoms with Gasteiger partial charge in [0.25, 0.3) is 5.91 Å². The number of thiazole rings is 1. The average molecular weight is 377 g/mol. The summed E-state index contributed by atoms with van der Waals surface area (Å²) in [5.41, 5.74) is 1.32. The van der Waals surface area contributed by atoms with Crippen molar-refractivity contribution in [2.24, 2.45) is 0 Å². The van der Waals surface area contributed by atoms with Crippen molar-refractivity contribution in [3.63, 3.8) is 0 Å². The van der Waals surface area contributed by atoms with E-state index in [1.807, 2.05) is 0 Å². The predicted molar refractivity (Wildman–Crippen MR) is 95.6 cm³/mol. The first-order valence-corrected chi connectivity index (χ1v) is 9.77. The SMILES string of the molecule is O=C(c1cnc(CN2CCCC2)s1)N1CCn2nc([C@@H](O)CO)cc2C1. The minimum absolute atomic E-state index is 0.00752. The first-order chi connectivity index (χ1) is 12.6. The molecule has 0 radical (unpaired) electrons. The third-order valence-electron chi connectivity index (χ3n) is 4.94. The molecule has 0 spiro atoms. The Kier molecular flexibility index (Phi) is 5.03. The molecule has 26 heavy (non-hydrogen) atoms. The number of carbonyl (C=O) groups excluding carboxylic acids is 1. The Labute approximate surface area is 155 Å². The van der Waals surface area contributed by atoms with Crippen LogP contribution >= 0.6 is 11.3 Å². The number of hydrogen-bond donors (Lipinski definition) is 2. The van der Waals surface area contributed by atoms with E-state index in [2.05, 4.69) is 15.0 Å². The number of aromatic nitrogens is 3. The normalized spacial score (nSPS) is 18.9. The van der Waals surface area contributed by atoms with Gasteiger partial charge in [0.1, 0.15) is 16.0 Å². The van der Waals surface area contributed by atoms with E-state index in [0.717, 1.165) is 30.3 Å². The molecule has 2 aromatic rings. The monoisotopic (exact) mass is 377 g/mol. The summed E-state index contributed by atoms with van der Waals surface area (Å²) in [5, 5.41) is 24.1. The average Bonchev–Trinajstić information content (AvgIpc) is 3.40. The number of nitrogens with zero attached hydrogens (tertiary/aromatic N) is 5. The van der Waals surface area contributed by atoms with Crippen LogP contribution in [0.25, 0.3) is 0 Å². The largest absolute Gasteiger partial charge is 0.393 e. The predicted octanol–water partition coefficient (Wildman–Crippen LogP) is 0.617. The van der Waals surface area contributed by atoms with E-state index < -0.39 is 6.10 Å². The molecule has 1 fully saturated rings. The van der Waals surface area contributed by atoms with Crippen molar-refractivity contribution in [3.05, 3.63) is 33.5 Å². The fourth-order valence-electron chi connectivity index (χ4n) is 3.49. The molecule has 0 unspecified atom stereocenters. The maximum atomic E-state index is 12.8. The molecule has 8 nitrogen and oxygen atoms in total. The van der Waals surface area contributed by atoms with Gasteiger partial charge in [-0.05, 0) is 32.0 Å². The molecule has 0 aromatic carbocycles. The van der Waals surface area contributed by atoms with Crippen LogP contribution in [0.4, 0.5) is 0 Å². The van der Waals surface area contributed by atoms with Crippen molar-refractivity contribution < 1.29 is 15.0 Å². The van der Waals surface area contributed by atoms with Crippen LogP contribution in [0.1, 0.15) is 45.0 Å². The number of amides is 1. The summed E-state index contributed by atoms with van der Waals surface area (Å²) in [6.45, 7) is 4.29. The van der Waals surface area contributed by atoms with Crippen molar-refractivity contribution in [1.29, 1.82) is 0 Å². The van der Waals surface area contributed by atoms with Crippen molar-refractivity contribution in [3.8, 4) is 0 Å². The Morgan fingerprint density at radius 1 is 1.27 bits per heavy atom. The van der Waals surface area contributed by atoms with Gasteiger partial charge in [-0.1, -0.05) is 0 Å². The van der Waals surface area contributed by atoms with Gasteiger partial charge in [0.05, 0.1) is 43.8 Å². The van der Waals surface area contributed by atoms with Crippen LogP contribution in [0.3, 0.4) is 0 Å². The second-order valence-corrected chi connectivity index (χ2v) is 7.93. The van der Waals surface area contributed by atoms with Crippen molar-refractivity contribution in [1.82, 2.24) is 24.6 Å². The summed E-state index contributed by atoms with van der Waals surface area (Å²) in [7, 11) is 0. The summed E-state index contributed by atoms with van der Waals surface area (Å²) >= 11 is 1.48. The molecular formula is C17H23N5O3S. The lowest BCUT2D eigenvalue weighted by Gasteiger charge is -2.27.